The standard InChI is InChI=1S/C26H27N3O3/c1-18(12-13-19-8-4-3-5-9-19)27-23(30)17-29-24(31)26(2,28-25(29)32)22-15-14-20-10-6-7-11-21(20)16-22/h3-11,14-16,18H,12-13,17H2,1-2H3,(H,27,30)(H,28,32)/t18-,26+/m0/s1. The fourth-order valence-electron chi connectivity index (χ4n) is 4.10. The Labute approximate surface area is 187 Å². The van der Waals surface area contributed by atoms with Gasteiger partial charge in [-0.1, -0.05) is 66.7 Å². The summed E-state index contributed by atoms with van der Waals surface area (Å²) in [6, 6.07) is 22.9. The average molecular weight is 430 g/mol. The number of fused-ring (bicyclic) bond motifs is 1. The molecule has 0 aliphatic carbocycles. The topological polar surface area (TPSA) is 78.5 Å². The summed E-state index contributed by atoms with van der Waals surface area (Å²) in [4.78, 5) is 39.3. The third-order valence-corrected chi connectivity index (χ3v) is 6.02. The van der Waals surface area contributed by atoms with Gasteiger partial charge in [-0.05, 0) is 54.7 Å². The fraction of sp³-hybridized carbons (Fsp3) is 0.269. The van der Waals surface area contributed by atoms with Gasteiger partial charge in [0, 0.05) is 6.04 Å². The van der Waals surface area contributed by atoms with E-state index in [1.807, 2.05) is 67.6 Å². The number of benzene rings is 3. The first-order valence-electron chi connectivity index (χ1n) is 10.8. The number of rotatable bonds is 7. The van der Waals surface area contributed by atoms with Crippen molar-refractivity contribution in [3.8, 4) is 0 Å². The number of hydrogen-bond acceptors (Lipinski definition) is 3. The predicted octanol–water partition coefficient (Wildman–Crippen LogP) is 3.74. The van der Waals surface area contributed by atoms with Crippen LogP contribution < -0.4 is 10.6 Å². The van der Waals surface area contributed by atoms with E-state index in [2.05, 4.69) is 22.8 Å². The molecule has 3 aromatic carbocycles. The zero-order chi connectivity index (χ0) is 22.7. The summed E-state index contributed by atoms with van der Waals surface area (Å²) in [5.74, 6) is -0.776. The molecule has 32 heavy (non-hydrogen) atoms. The summed E-state index contributed by atoms with van der Waals surface area (Å²) < 4.78 is 0. The average Bonchev–Trinajstić information content (AvgIpc) is 3.02. The van der Waals surface area contributed by atoms with Crippen LogP contribution in [0.15, 0.2) is 72.8 Å². The Balaban J connectivity index is 1.40. The number of nitrogens with one attached hydrogen (secondary N) is 2. The van der Waals surface area contributed by atoms with Crippen LogP contribution in [0.1, 0.15) is 31.4 Å². The molecule has 1 aliphatic heterocycles. The molecule has 0 spiro atoms. The van der Waals surface area contributed by atoms with Gasteiger partial charge in [0.2, 0.25) is 5.91 Å². The van der Waals surface area contributed by atoms with Gasteiger partial charge in [0.25, 0.3) is 5.91 Å². The van der Waals surface area contributed by atoms with E-state index in [4.69, 9.17) is 0 Å². The van der Waals surface area contributed by atoms with Crippen LogP contribution in [0.5, 0.6) is 0 Å². The number of hydrogen-bond donors (Lipinski definition) is 2. The number of aryl methyl sites for hydroxylation is 1. The van der Waals surface area contributed by atoms with Gasteiger partial charge < -0.3 is 10.6 Å². The highest BCUT2D eigenvalue weighted by Crippen LogP contribution is 2.30. The Hall–Kier alpha value is -3.67. The lowest BCUT2D eigenvalue weighted by Gasteiger charge is -2.23. The Kier molecular flexibility index (Phi) is 5.95. The molecule has 0 radical (unpaired) electrons. The van der Waals surface area contributed by atoms with Gasteiger partial charge in [-0.2, -0.15) is 0 Å². The summed E-state index contributed by atoms with van der Waals surface area (Å²) in [7, 11) is 0. The number of amides is 4. The van der Waals surface area contributed by atoms with E-state index in [0.29, 0.717) is 5.56 Å². The SMILES string of the molecule is C[C@@H](CCc1ccccc1)NC(=O)CN1C(=O)N[C@](C)(c2ccc3ccccc3c2)C1=O. The highest BCUT2D eigenvalue weighted by Gasteiger charge is 2.49. The molecule has 1 aliphatic rings. The first-order valence-corrected chi connectivity index (χ1v) is 10.8. The van der Waals surface area contributed by atoms with Crippen LogP contribution in [0.4, 0.5) is 4.79 Å². The third-order valence-electron chi connectivity index (χ3n) is 6.02. The van der Waals surface area contributed by atoms with Gasteiger partial charge in [-0.25, -0.2) is 4.79 Å². The third kappa shape index (κ3) is 4.35. The zero-order valence-electron chi connectivity index (χ0n) is 18.3. The van der Waals surface area contributed by atoms with E-state index in [9.17, 15) is 14.4 Å². The zero-order valence-corrected chi connectivity index (χ0v) is 18.3. The summed E-state index contributed by atoms with van der Waals surface area (Å²) in [5.41, 5.74) is 0.683. The molecule has 1 heterocycles. The van der Waals surface area contributed by atoms with Gasteiger partial charge in [-0.3, -0.25) is 14.5 Å². The smallest absolute Gasteiger partial charge is 0.325 e. The molecular formula is C26H27N3O3. The lowest BCUT2D eigenvalue weighted by molar-refractivity contribution is -0.135. The van der Waals surface area contributed by atoms with Crippen LogP contribution in [0, 0.1) is 0 Å². The van der Waals surface area contributed by atoms with Crippen molar-refractivity contribution in [2.75, 3.05) is 6.54 Å². The molecule has 6 nitrogen and oxygen atoms in total. The highest BCUT2D eigenvalue weighted by molar-refractivity contribution is 6.09. The van der Waals surface area contributed by atoms with E-state index in [1.165, 1.54) is 5.56 Å². The fourth-order valence-corrected chi connectivity index (χ4v) is 4.10. The van der Waals surface area contributed by atoms with Gasteiger partial charge >= 0.3 is 6.03 Å². The van der Waals surface area contributed by atoms with Gasteiger partial charge in [0.15, 0.2) is 0 Å². The molecule has 0 saturated carbocycles. The lowest BCUT2D eigenvalue weighted by atomic mass is 9.90. The molecule has 4 rings (SSSR count). The number of carbonyl (C=O) groups is 3. The maximum atomic E-state index is 13.2. The largest absolute Gasteiger partial charge is 0.352 e. The van der Waals surface area contributed by atoms with Crippen LogP contribution in [-0.4, -0.2) is 35.3 Å². The minimum Gasteiger partial charge on any atom is -0.352 e. The Morgan fingerprint density at radius 3 is 2.44 bits per heavy atom. The van der Waals surface area contributed by atoms with E-state index in [1.54, 1.807) is 6.92 Å². The molecule has 0 aromatic heterocycles. The van der Waals surface area contributed by atoms with Crippen LogP contribution in [0.2, 0.25) is 0 Å². The van der Waals surface area contributed by atoms with Crippen molar-refractivity contribution in [1.82, 2.24) is 15.5 Å². The van der Waals surface area contributed by atoms with Crippen molar-refractivity contribution in [3.05, 3.63) is 83.9 Å². The van der Waals surface area contributed by atoms with E-state index in [-0.39, 0.29) is 18.5 Å². The maximum Gasteiger partial charge on any atom is 0.325 e. The van der Waals surface area contributed by atoms with Crippen molar-refractivity contribution in [2.24, 2.45) is 0 Å². The second kappa shape index (κ2) is 8.83. The second-order valence-corrected chi connectivity index (χ2v) is 8.50. The Morgan fingerprint density at radius 2 is 1.69 bits per heavy atom. The lowest BCUT2D eigenvalue weighted by Crippen LogP contribution is -2.45. The molecule has 164 valence electrons. The van der Waals surface area contributed by atoms with E-state index in [0.717, 1.165) is 28.5 Å². The van der Waals surface area contributed by atoms with E-state index < -0.39 is 17.5 Å². The first-order chi connectivity index (χ1) is 15.4. The van der Waals surface area contributed by atoms with Gasteiger partial charge in [0.05, 0.1) is 0 Å². The van der Waals surface area contributed by atoms with Gasteiger partial charge in [-0.15, -0.1) is 0 Å². The molecule has 2 atom stereocenters. The highest BCUT2D eigenvalue weighted by atomic mass is 16.2. The molecule has 3 aromatic rings. The number of carbonyl (C=O) groups excluding carboxylic acids is 3. The number of nitrogens with zero attached hydrogens (tertiary/aromatic N) is 1. The monoisotopic (exact) mass is 429 g/mol. The van der Waals surface area contributed by atoms with Crippen molar-refractivity contribution in [2.45, 2.75) is 38.3 Å². The van der Waals surface area contributed by atoms with E-state index >= 15 is 0 Å². The Morgan fingerprint density at radius 1 is 1.00 bits per heavy atom. The normalized spacial score (nSPS) is 19.1. The van der Waals surface area contributed by atoms with Crippen molar-refractivity contribution in [1.29, 1.82) is 0 Å². The summed E-state index contributed by atoms with van der Waals surface area (Å²) in [6.07, 6.45) is 1.61. The van der Waals surface area contributed by atoms with Gasteiger partial charge in [0.1, 0.15) is 12.1 Å². The molecular weight excluding hydrogens is 402 g/mol. The van der Waals surface area contributed by atoms with Crippen LogP contribution in [-0.2, 0) is 21.5 Å². The van der Waals surface area contributed by atoms with Crippen molar-refractivity contribution in [3.63, 3.8) is 0 Å². The summed E-state index contributed by atoms with van der Waals surface area (Å²) in [5, 5.41) is 7.71. The maximum absolute atomic E-state index is 13.2. The molecule has 6 heteroatoms. The first kappa shape index (κ1) is 21.6. The van der Waals surface area contributed by atoms with Crippen molar-refractivity contribution < 1.29 is 14.4 Å². The minimum absolute atomic E-state index is 0.0738. The Bertz CT molecular complexity index is 1160. The molecule has 2 N–H and O–H groups in total. The number of imide groups is 1. The van der Waals surface area contributed by atoms with Crippen molar-refractivity contribution >= 4 is 28.6 Å². The molecule has 0 bridgehead atoms. The second-order valence-electron chi connectivity index (χ2n) is 8.50. The molecule has 1 saturated heterocycles. The number of urea groups is 1. The summed E-state index contributed by atoms with van der Waals surface area (Å²) in [6.45, 7) is 3.30. The van der Waals surface area contributed by atoms with Crippen LogP contribution >= 0.6 is 0 Å². The predicted molar refractivity (Wildman–Crippen MR) is 124 cm³/mol. The molecule has 1 fully saturated rings. The minimum atomic E-state index is -1.21. The summed E-state index contributed by atoms with van der Waals surface area (Å²) >= 11 is 0. The quantitative estimate of drug-likeness (QED) is 0.562. The molecule has 4 amide bonds. The molecule has 0 unspecified atom stereocenters. The van der Waals surface area contributed by atoms with Crippen LogP contribution in [0.25, 0.3) is 10.8 Å². The van der Waals surface area contributed by atoms with Crippen LogP contribution in [0.3, 0.4) is 0 Å².